The minimum atomic E-state index is -3.63. The molecule has 0 unspecified atom stereocenters. The molecule has 1 fully saturated rings. The van der Waals surface area contributed by atoms with E-state index < -0.39 is 15.4 Å². The molecule has 1 saturated heterocycles. The lowest BCUT2D eigenvalue weighted by Gasteiger charge is -2.38. The van der Waals surface area contributed by atoms with Gasteiger partial charge in [0, 0.05) is 25.2 Å². The molecular formula is C20H24FNO3S. The number of hydrogen-bond donors (Lipinski definition) is 1. The molecule has 1 aliphatic rings. The smallest absolute Gasteiger partial charge is 0.240 e. The predicted octanol–water partition coefficient (Wildman–Crippen LogP) is 3.47. The minimum absolute atomic E-state index is 0.262. The molecule has 2 aromatic rings. The summed E-state index contributed by atoms with van der Waals surface area (Å²) in [7, 11) is -3.63. The maximum Gasteiger partial charge on any atom is 0.240 e. The highest BCUT2D eigenvalue weighted by molar-refractivity contribution is 7.89. The molecule has 0 spiro atoms. The van der Waals surface area contributed by atoms with E-state index in [-0.39, 0.29) is 12.4 Å². The molecule has 2 aromatic carbocycles. The second-order valence-electron chi connectivity index (χ2n) is 6.99. The standard InChI is InChI=1S/C20H24FNO3S/c1-15-3-8-19(16(2)13-15)26(23,24)22-14-20(9-11-25-12-10-20)17-4-6-18(21)7-5-17/h3-8,13,22H,9-12,14H2,1-2H3. The van der Waals surface area contributed by atoms with Crippen LogP contribution in [-0.2, 0) is 20.2 Å². The molecular weight excluding hydrogens is 353 g/mol. The highest BCUT2D eigenvalue weighted by atomic mass is 32.2. The molecule has 0 amide bonds. The van der Waals surface area contributed by atoms with E-state index in [2.05, 4.69) is 4.72 Å². The Kier molecular flexibility index (Phi) is 5.46. The van der Waals surface area contributed by atoms with Gasteiger partial charge in [0.1, 0.15) is 5.82 Å². The fraction of sp³-hybridized carbons (Fsp3) is 0.400. The normalized spacial score (nSPS) is 17.2. The van der Waals surface area contributed by atoms with Crippen LogP contribution in [0.4, 0.5) is 4.39 Å². The number of sulfonamides is 1. The maximum absolute atomic E-state index is 13.3. The first-order valence-electron chi connectivity index (χ1n) is 8.73. The first-order valence-corrected chi connectivity index (χ1v) is 10.2. The Morgan fingerprint density at radius 2 is 1.73 bits per heavy atom. The maximum atomic E-state index is 13.3. The first kappa shape index (κ1) is 19.0. The number of hydrogen-bond acceptors (Lipinski definition) is 3. The van der Waals surface area contributed by atoms with Crippen molar-refractivity contribution in [3.63, 3.8) is 0 Å². The molecule has 0 bridgehead atoms. The molecule has 6 heteroatoms. The fourth-order valence-electron chi connectivity index (χ4n) is 3.54. The third kappa shape index (κ3) is 3.98. The molecule has 4 nitrogen and oxygen atoms in total. The summed E-state index contributed by atoms with van der Waals surface area (Å²) in [6, 6.07) is 11.6. The molecule has 26 heavy (non-hydrogen) atoms. The zero-order chi connectivity index (χ0) is 18.8. The monoisotopic (exact) mass is 377 g/mol. The first-order chi connectivity index (χ1) is 12.3. The van der Waals surface area contributed by atoms with Crippen molar-refractivity contribution in [2.24, 2.45) is 0 Å². The summed E-state index contributed by atoms with van der Waals surface area (Å²) in [6.07, 6.45) is 1.38. The molecule has 1 heterocycles. The van der Waals surface area contributed by atoms with Gasteiger partial charge >= 0.3 is 0 Å². The van der Waals surface area contributed by atoms with Gasteiger partial charge in [0.15, 0.2) is 0 Å². The predicted molar refractivity (Wildman–Crippen MR) is 99.2 cm³/mol. The van der Waals surface area contributed by atoms with E-state index in [1.165, 1.54) is 12.1 Å². The van der Waals surface area contributed by atoms with Gasteiger partial charge in [-0.3, -0.25) is 0 Å². The summed E-state index contributed by atoms with van der Waals surface area (Å²) in [4.78, 5) is 0.296. The van der Waals surface area contributed by atoms with E-state index in [1.54, 1.807) is 31.2 Å². The fourth-order valence-corrected chi connectivity index (χ4v) is 4.90. The highest BCUT2D eigenvalue weighted by Crippen LogP contribution is 2.35. The van der Waals surface area contributed by atoms with Gasteiger partial charge in [-0.1, -0.05) is 29.8 Å². The van der Waals surface area contributed by atoms with E-state index >= 15 is 0 Å². The van der Waals surface area contributed by atoms with Gasteiger partial charge in [-0.2, -0.15) is 0 Å². The summed E-state index contributed by atoms with van der Waals surface area (Å²) in [5, 5.41) is 0. The zero-order valence-corrected chi connectivity index (χ0v) is 15.9. The van der Waals surface area contributed by atoms with Crippen LogP contribution in [0.3, 0.4) is 0 Å². The lowest BCUT2D eigenvalue weighted by molar-refractivity contribution is 0.0517. The van der Waals surface area contributed by atoms with Gasteiger partial charge < -0.3 is 4.74 Å². The second kappa shape index (κ2) is 7.47. The quantitative estimate of drug-likeness (QED) is 0.868. The molecule has 0 saturated carbocycles. The lowest BCUT2D eigenvalue weighted by Crippen LogP contribution is -2.44. The average Bonchev–Trinajstić information content (AvgIpc) is 2.61. The van der Waals surface area contributed by atoms with E-state index in [1.807, 2.05) is 13.0 Å². The largest absolute Gasteiger partial charge is 0.381 e. The number of ether oxygens (including phenoxy) is 1. The molecule has 1 aliphatic heterocycles. The number of benzene rings is 2. The summed E-state index contributed by atoms with van der Waals surface area (Å²) in [6.45, 7) is 5.11. The Balaban J connectivity index is 1.87. The summed E-state index contributed by atoms with van der Waals surface area (Å²) >= 11 is 0. The average molecular weight is 377 g/mol. The van der Waals surface area contributed by atoms with Crippen molar-refractivity contribution in [2.75, 3.05) is 19.8 Å². The van der Waals surface area contributed by atoms with Crippen molar-refractivity contribution in [2.45, 2.75) is 37.0 Å². The van der Waals surface area contributed by atoms with Gasteiger partial charge in [0.2, 0.25) is 10.0 Å². The van der Waals surface area contributed by atoms with Gasteiger partial charge in [-0.15, -0.1) is 0 Å². The molecule has 140 valence electrons. The SMILES string of the molecule is Cc1ccc(S(=O)(=O)NCC2(c3ccc(F)cc3)CCOCC2)c(C)c1. The van der Waals surface area contributed by atoms with Crippen LogP contribution in [0, 0.1) is 19.7 Å². The van der Waals surface area contributed by atoms with Crippen molar-refractivity contribution < 1.29 is 17.5 Å². The Hall–Kier alpha value is -1.76. The lowest BCUT2D eigenvalue weighted by atomic mass is 9.74. The van der Waals surface area contributed by atoms with Crippen molar-refractivity contribution in [3.8, 4) is 0 Å². The van der Waals surface area contributed by atoms with Crippen LogP contribution in [0.1, 0.15) is 29.5 Å². The molecule has 1 N–H and O–H groups in total. The Labute approximate surface area is 154 Å². The third-order valence-corrected chi connectivity index (χ3v) is 6.69. The number of halogens is 1. The molecule has 0 aliphatic carbocycles. The second-order valence-corrected chi connectivity index (χ2v) is 8.73. The summed E-state index contributed by atoms with van der Waals surface area (Å²) in [5.74, 6) is -0.299. The number of nitrogens with one attached hydrogen (secondary N) is 1. The Bertz CT molecular complexity index is 872. The van der Waals surface area contributed by atoms with Crippen LogP contribution < -0.4 is 4.72 Å². The van der Waals surface area contributed by atoms with Crippen LogP contribution in [0.15, 0.2) is 47.4 Å². The summed E-state index contributed by atoms with van der Waals surface area (Å²) in [5.41, 5.74) is 2.29. The zero-order valence-electron chi connectivity index (χ0n) is 15.1. The van der Waals surface area contributed by atoms with Crippen molar-refractivity contribution in [1.82, 2.24) is 4.72 Å². The molecule has 3 rings (SSSR count). The van der Waals surface area contributed by atoms with Gasteiger partial charge in [-0.25, -0.2) is 17.5 Å². The van der Waals surface area contributed by atoms with Crippen LogP contribution in [0.25, 0.3) is 0 Å². The number of rotatable bonds is 5. The minimum Gasteiger partial charge on any atom is -0.381 e. The summed E-state index contributed by atoms with van der Waals surface area (Å²) < 4.78 is 47.2. The van der Waals surface area contributed by atoms with E-state index in [4.69, 9.17) is 4.74 Å². The van der Waals surface area contributed by atoms with Crippen molar-refractivity contribution in [3.05, 3.63) is 65.0 Å². The Morgan fingerprint density at radius 1 is 1.08 bits per heavy atom. The third-order valence-electron chi connectivity index (χ3n) is 5.13. The van der Waals surface area contributed by atoms with Gasteiger partial charge in [0.25, 0.3) is 0 Å². The topological polar surface area (TPSA) is 55.4 Å². The van der Waals surface area contributed by atoms with E-state index in [9.17, 15) is 12.8 Å². The van der Waals surface area contributed by atoms with Crippen LogP contribution in [0.2, 0.25) is 0 Å². The van der Waals surface area contributed by atoms with E-state index in [0.29, 0.717) is 31.0 Å². The van der Waals surface area contributed by atoms with E-state index in [0.717, 1.165) is 16.7 Å². The number of aryl methyl sites for hydroxylation is 2. The Morgan fingerprint density at radius 3 is 2.35 bits per heavy atom. The van der Waals surface area contributed by atoms with Gasteiger partial charge in [-0.05, 0) is 56.0 Å². The van der Waals surface area contributed by atoms with Crippen LogP contribution in [0.5, 0.6) is 0 Å². The van der Waals surface area contributed by atoms with Crippen LogP contribution >= 0.6 is 0 Å². The van der Waals surface area contributed by atoms with Gasteiger partial charge in [0.05, 0.1) is 4.90 Å². The molecule has 0 aromatic heterocycles. The van der Waals surface area contributed by atoms with Crippen molar-refractivity contribution in [1.29, 1.82) is 0 Å². The molecule has 0 atom stereocenters. The highest BCUT2D eigenvalue weighted by Gasteiger charge is 2.36. The molecule has 0 radical (unpaired) electrons. The van der Waals surface area contributed by atoms with Crippen LogP contribution in [-0.4, -0.2) is 28.2 Å². The van der Waals surface area contributed by atoms with Crippen molar-refractivity contribution >= 4 is 10.0 Å².